The summed E-state index contributed by atoms with van der Waals surface area (Å²) in [5, 5.41) is 5.44. The van der Waals surface area contributed by atoms with Gasteiger partial charge in [0.2, 0.25) is 0 Å². The molecule has 0 saturated carbocycles. The van der Waals surface area contributed by atoms with Crippen LogP contribution in [0.1, 0.15) is 0 Å². The van der Waals surface area contributed by atoms with Gasteiger partial charge in [0.05, 0.1) is 11.7 Å². The van der Waals surface area contributed by atoms with Gasteiger partial charge in [0.25, 0.3) is 11.8 Å². The summed E-state index contributed by atoms with van der Waals surface area (Å²) in [6.45, 7) is 1.00. The van der Waals surface area contributed by atoms with Crippen molar-refractivity contribution in [2.24, 2.45) is 0 Å². The number of fused-ring (bicyclic) bond motifs is 2. The summed E-state index contributed by atoms with van der Waals surface area (Å²) in [5.74, 6) is 0.739. The summed E-state index contributed by atoms with van der Waals surface area (Å²) >= 11 is 0. The highest BCUT2D eigenvalue weighted by atomic mass is 32.2. The molecule has 0 fully saturated rings. The molecule has 2 aliphatic rings. The van der Waals surface area contributed by atoms with Gasteiger partial charge in [0, 0.05) is 23.2 Å². The Labute approximate surface area is 150 Å². The number of pyridine rings is 1. The normalized spacial score (nSPS) is 18.7. The molecule has 4 heterocycles. The van der Waals surface area contributed by atoms with Crippen LogP contribution in [0.2, 0.25) is 0 Å². The van der Waals surface area contributed by atoms with E-state index in [1.165, 1.54) is 10.8 Å². The Morgan fingerprint density at radius 3 is 2.85 bits per heavy atom. The van der Waals surface area contributed by atoms with E-state index in [9.17, 15) is 9.00 Å². The molecule has 0 spiro atoms. The Morgan fingerprint density at radius 2 is 2.00 bits per heavy atom. The number of benzene rings is 1. The Balaban J connectivity index is 1.57. The molecule has 0 saturated heterocycles. The van der Waals surface area contributed by atoms with E-state index in [0.717, 1.165) is 22.0 Å². The second-order valence-corrected chi connectivity index (χ2v) is 6.93. The van der Waals surface area contributed by atoms with E-state index in [2.05, 4.69) is 14.8 Å². The Hall–Kier alpha value is -3.20. The van der Waals surface area contributed by atoms with Crippen molar-refractivity contribution in [1.82, 2.24) is 19.5 Å². The number of hydrogen-bond acceptors (Lipinski definition) is 6. The van der Waals surface area contributed by atoms with Gasteiger partial charge < -0.3 is 9.47 Å². The number of ether oxygens (including phenoxy) is 2. The minimum atomic E-state index is -1.60. The zero-order chi connectivity index (χ0) is 17.7. The number of carbonyl (C=O) groups excluding carboxylic acids is 1. The van der Waals surface area contributed by atoms with Crippen molar-refractivity contribution in [3.8, 4) is 22.8 Å². The van der Waals surface area contributed by atoms with Gasteiger partial charge in [-0.15, -0.1) is 0 Å². The number of amides is 1. The topological polar surface area (TPSA) is 95.3 Å². The lowest BCUT2D eigenvalue weighted by Gasteiger charge is -2.17. The van der Waals surface area contributed by atoms with Gasteiger partial charge >= 0.3 is 0 Å². The van der Waals surface area contributed by atoms with Crippen molar-refractivity contribution in [3.05, 3.63) is 42.7 Å². The molecule has 8 nitrogen and oxygen atoms in total. The molecule has 1 atom stereocenters. The molecule has 2 aromatic heterocycles. The van der Waals surface area contributed by atoms with Crippen molar-refractivity contribution in [2.45, 2.75) is 0 Å². The maximum atomic E-state index is 12.0. The molecule has 130 valence electrons. The fraction of sp³-hybridized carbons (Fsp3) is 0.118. The van der Waals surface area contributed by atoms with Gasteiger partial charge in [-0.1, -0.05) is 6.07 Å². The van der Waals surface area contributed by atoms with E-state index in [1.807, 2.05) is 24.3 Å². The Morgan fingerprint density at radius 1 is 1.12 bits per heavy atom. The van der Waals surface area contributed by atoms with E-state index >= 15 is 0 Å². The van der Waals surface area contributed by atoms with E-state index in [1.54, 1.807) is 12.4 Å². The minimum Gasteiger partial charge on any atom is -0.484 e. The van der Waals surface area contributed by atoms with Crippen molar-refractivity contribution in [2.75, 3.05) is 13.2 Å². The standard InChI is InChI=1S/C17H12N4O4S/c22-15-7-16(26(23)20-15)21-13-2-1-10(5-12(13)9-19-21)11-6-14-17(18-8-11)25-4-3-24-14/h1-2,5-9H,3-4H2,(H,20,22). The zero-order valence-corrected chi connectivity index (χ0v) is 14.2. The summed E-state index contributed by atoms with van der Waals surface area (Å²) in [4.78, 5) is 15.7. The number of nitrogens with zero attached hydrogens (tertiary/aromatic N) is 3. The molecule has 0 radical (unpaired) electrons. The molecule has 1 aromatic carbocycles. The van der Waals surface area contributed by atoms with E-state index in [4.69, 9.17) is 9.47 Å². The summed E-state index contributed by atoms with van der Waals surface area (Å²) in [6, 6.07) is 7.64. The number of rotatable bonds is 2. The lowest BCUT2D eigenvalue weighted by atomic mass is 10.1. The summed E-state index contributed by atoms with van der Waals surface area (Å²) in [6.07, 6.45) is 4.70. The van der Waals surface area contributed by atoms with Crippen molar-refractivity contribution in [1.29, 1.82) is 0 Å². The maximum Gasteiger partial charge on any atom is 0.258 e. The largest absolute Gasteiger partial charge is 0.484 e. The van der Waals surface area contributed by atoms with Gasteiger partial charge in [-0.05, 0) is 23.8 Å². The first-order valence-electron chi connectivity index (χ1n) is 7.87. The molecular formula is C17H12N4O4S. The Bertz CT molecular complexity index is 1120. The summed E-state index contributed by atoms with van der Waals surface area (Å²) in [5.41, 5.74) is 2.59. The van der Waals surface area contributed by atoms with Crippen LogP contribution in [0.15, 0.2) is 42.7 Å². The first-order valence-corrected chi connectivity index (χ1v) is 9.02. The molecule has 2 aliphatic heterocycles. The number of aromatic nitrogens is 3. The molecule has 0 aliphatic carbocycles. The van der Waals surface area contributed by atoms with Crippen LogP contribution in [0.5, 0.6) is 11.6 Å². The molecule has 0 bridgehead atoms. The Kier molecular flexibility index (Phi) is 3.29. The molecule has 3 aromatic rings. The predicted octanol–water partition coefficient (Wildman–Crippen LogP) is 1.46. The number of carbonyl (C=O) groups is 1. The number of hydrogen-bond donors (Lipinski definition) is 1. The maximum absolute atomic E-state index is 12.0. The van der Waals surface area contributed by atoms with Gasteiger partial charge in [0.15, 0.2) is 21.8 Å². The third-order valence-electron chi connectivity index (χ3n) is 4.15. The van der Waals surface area contributed by atoms with Crippen LogP contribution >= 0.6 is 0 Å². The number of nitrogens with one attached hydrogen (secondary N) is 1. The highest BCUT2D eigenvalue weighted by molar-refractivity contribution is 7.93. The predicted molar refractivity (Wildman–Crippen MR) is 94.5 cm³/mol. The monoisotopic (exact) mass is 368 g/mol. The molecule has 5 rings (SSSR count). The summed E-state index contributed by atoms with van der Waals surface area (Å²) in [7, 11) is -1.60. The van der Waals surface area contributed by atoms with Crippen LogP contribution in [0.3, 0.4) is 0 Å². The second kappa shape index (κ2) is 5.67. The van der Waals surface area contributed by atoms with Crippen LogP contribution in [0, 0.1) is 0 Å². The van der Waals surface area contributed by atoms with Crippen LogP contribution in [0.4, 0.5) is 0 Å². The minimum absolute atomic E-state index is 0.318. The second-order valence-electron chi connectivity index (χ2n) is 5.77. The van der Waals surface area contributed by atoms with Crippen molar-refractivity contribution >= 4 is 32.8 Å². The fourth-order valence-corrected chi connectivity index (χ4v) is 3.82. The molecular weight excluding hydrogens is 356 g/mol. The van der Waals surface area contributed by atoms with E-state index in [0.29, 0.717) is 29.9 Å². The first-order chi connectivity index (χ1) is 12.7. The quantitative estimate of drug-likeness (QED) is 0.736. The van der Waals surface area contributed by atoms with Crippen LogP contribution in [-0.2, 0) is 15.8 Å². The smallest absolute Gasteiger partial charge is 0.258 e. The van der Waals surface area contributed by atoms with E-state index in [-0.39, 0.29) is 5.91 Å². The van der Waals surface area contributed by atoms with Crippen LogP contribution < -0.4 is 14.2 Å². The average molecular weight is 368 g/mol. The average Bonchev–Trinajstić information content (AvgIpc) is 3.22. The highest BCUT2D eigenvalue weighted by Crippen LogP contribution is 2.33. The highest BCUT2D eigenvalue weighted by Gasteiger charge is 2.23. The van der Waals surface area contributed by atoms with Crippen LogP contribution in [-0.4, -0.2) is 38.1 Å². The lowest BCUT2D eigenvalue weighted by molar-refractivity contribution is -0.114. The first kappa shape index (κ1) is 15.1. The molecule has 26 heavy (non-hydrogen) atoms. The van der Waals surface area contributed by atoms with E-state index < -0.39 is 11.0 Å². The van der Waals surface area contributed by atoms with Gasteiger partial charge in [-0.25, -0.2) is 13.9 Å². The third kappa shape index (κ3) is 2.36. The third-order valence-corrected chi connectivity index (χ3v) is 5.20. The van der Waals surface area contributed by atoms with Gasteiger partial charge in [0.1, 0.15) is 13.2 Å². The molecule has 9 heteroatoms. The van der Waals surface area contributed by atoms with Gasteiger partial charge in [-0.2, -0.15) is 5.10 Å². The SMILES string of the molecule is O=C1C=C(n2ncc3cc(-c4cnc5c(c4)OCCO5)ccc32)S(=O)N1. The summed E-state index contributed by atoms with van der Waals surface area (Å²) < 4.78 is 26.8. The molecule has 1 unspecified atom stereocenters. The van der Waals surface area contributed by atoms with Gasteiger partial charge in [-0.3, -0.25) is 9.52 Å². The molecule has 1 N–H and O–H groups in total. The molecule has 1 amide bonds. The zero-order valence-electron chi connectivity index (χ0n) is 13.3. The fourth-order valence-electron chi connectivity index (χ4n) is 2.96. The van der Waals surface area contributed by atoms with Crippen molar-refractivity contribution in [3.63, 3.8) is 0 Å². The van der Waals surface area contributed by atoms with Crippen molar-refractivity contribution < 1.29 is 18.5 Å². The van der Waals surface area contributed by atoms with Crippen LogP contribution in [0.25, 0.3) is 27.1 Å². The lowest BCUT2D eigenvalue weighted by Crippen LogP contribution is -2.17.